The number of amides is 1. The first-order valence-electron chi connectivity index (χ1n) is 10.6. The normalized spacial score (nSPS) is 10.6. The third-order valence-electron chi connectivity index (χ3n) is 4.99. The zero-order valence-electron chi connectivity index (χ0n) is 18.2. The fraction of sp³-hybridized carbons (Fsp3) is 0.154. The van der Waals surface area contributed by atoms with Crippen molar-refractivity contribution in [2.45, 2.75) is 12.8 Å². The number of ether oxygens (including phenoxy) is 2. The van der Waals surface area contributed by atoms with Crippen LogP contribution in [0.5, 0.6) is 11.5 Å². The summed E-state index contributed by atoms with van der Waals surface area (Å²) in [6.45, 7) is 0.463. The maximum atomic E-state index is 12.7. The van der Waals surface area contributed by atoms with Gasteiger partial charge in [0.2, 0.25) is 5.91 Å². The van der Waals surface area contributed by atoms with Gasteiger partial charge in [-0.25, -0.2) is 4.68 Å². The number of hydrogen-bond acceptors (Lipinski definition) is 4. The molecule has 0 radical (unpaired) electrons. The van der Waals surface area contributed by atoms with Crippen molar-refractivity contribution in [1.82, 2.24) is 9.78 Å². The predicted octanol–water partition coefficient (Wildman–Crippen LogP) is 6.00. The smallest absolute Gasteiger partial charge is 0.225 e. The SMILES string of the molecule is COc1ccc(-n2nc(-c3ccc(Cl)cc3)cc2NC(=O)CCCOc2ccccc2)cc1. The van der Waals surface area contributed by atoms with Gasteiger partial charge in [-0.3, -0.25) is 4.79 Å². The van der Waals surface area contributed by atoms with Gasteiger partial charge in [0, 0.05) is 23.1 Å². The van der Waals surface area contributed by atoms with Gasteiger partial charge in [0.25, 0.3) is 0 Å². The maximum Gasteiger partial charge on any atom is 0.225 e. The van der Waals surface area contributed by atoms with Gasteiger partial charge in [0.1, 0.15) is 17.3 Å². The number of nitrogens with zero attached hydrogens (tertiary/aromatic N) is 2. The molecule has 168 valence electrons. The van der Waals surface area contributed by atoms with E-state index in [0.29, 0.717) is 30.3 Å². The Morgan fingerprint density at radius 2 is 1.70 bits per heavy atom. The number of rotatable bonds is 9. The Morgan fingerprint density at radius 1 is 0.970 bits per heavy atom. The molecule has 0 fully saturated rings. The number of aromatic nitrogens is 2. The number of benzene rings is 3. The Morgan fingerprint density at radius 3 is 2.39 bits per heavy atom. The molecule has 0 aliphatic heterocycles. The third-order valence-corrected chi connectivity index (χ3v) is 5.25. The fourth-order valence-electron chi connectivity index (χ4n) is 3.30. The van der Waals surface area contributed by atoms with Crippen LogP contribution in [0.3, 0.4) is 0 Å². The molecule has 1 heterocycles. The molecule has 4 rings (SSSR count). The van der Waals surface area contributed by atoms with Crippen molar-refractivity contribution in [3.05, 3.63) is 90.0 Å². The first-order chi connectivity index (χ1) is 16.1. The molecule has 0 saturated heterocycles. The van der Waals surface area contributed by atoms with Crippen molar-refractivity contribution in [2.24, 2.45) is 0 Å². The van der Waals surface area contributed by atoms with Gasteiger partial charge in [-0.2, -0.15) is 5.10 Å². The van der Waals surface area contributed by atoms with Crippen LogP contribution in [-0.4, -0.2) is 29.4 Å². The van der Waals surface area contributed by atoms with Gasteiger partial charge in [-0.15, -0.1) is 0 Å². The van der Waals surface area contributed by atoms with Crippen molar-refractivity contribution in [3.63, 3.8) is 0 Å². The lowest BCUT2D eigenvalue weighted by molar-refractivity contribution is -0.116. The quantitative estimate of drug-likeness (QED) is 0.310. The van der Waals surface area contributed by atoms with E-state index in [9.17, 15) is 4.79 Å². The molecule has 7 heteroatoms. The molecule has 6 nitrogen and oxygen atoms in total. The van der Waals surface area contributed by atoms with Crippen LogP contribution in [0.15, 0.2) is 84.9 Å². The van der Waals surface area contributed by atoms with Gasteiger partial charge < -0.3 is 14.8 Å². The summed E-state index contributed by atoms with van der Waals surface area (Å²) in [5.74, 6) is 2.01. The first kappa shape index (κ1) is 22.4. The van der Waals surface area contributed by atoms with Crippen molar-refractivity contribution in [2.75, 3.05) is 19.0 Å². The minimum atomic E-state index is -0.107. The van der Waals surface area contributed by atoms with E-state index < -0.39 is 0 Å². The van der Waals surface area contributed by atoms with Gasteiger partial charge in [-0.05, 0) is 55.0 Å². The summed E-state index contributed by atoms with van der Waals surface area (Å²) in [5, 5.41) is 8.36. The van der Waals surface area contributed by atoms with Crippen LogP contribution >= 0.6 is 11.6 Å². The summed E-state index contributed by atoms with van der Waals surface area (Å²) in [6, 6.07) is 26.3. The molecule has 0 aliphatic rings. The molecule has 1 amide bonds. The Hall–Kier alpha value is -3.77. The summed E-state index contributed by atoms with van der Waals surface area (Å²) < 4.78 is 12.6. The molecule has 1 N–H and O–H groups in total. The van der Waals surface area contributed by atoms with E-state index >= 15 is 0 Å². The minimum absolute atomic E-state index is 0.107. The molecule has 0 spiro atoms. The summed E-state index contributed by atoms with van der Waals surface area (Å²) in [6.07, 6.45) is 0.929. The second-order valence-electron chi connectivity index (χ2n) is 7.34. The van der Waals surface area contributed by atoms with E-state index in [0.717, 1.165) is 28.4 Å². The van der Waals surface area contributed by atoms with E-state index in [1.54, 1.807) is 11.8 Å². The largest absolute Gasteiger partial charge is 0.497 e. The number of halogens is 1. The lowest BCUT2D eigenvalue weighted by atomic mass is 10.1. The minimum Gasteiger partial charge on any atom is -0.497 e. The number of carbonyl (C=O) groups excluding carboxylic acids is 1. The summed E-state index contributed by atoms with van der Waals surface area (Å²) in [4.78, 5) is 12.7. The van der Waals surface area contributed by atoms with E-state index in [2.05, 4.69) is 5.32 Å². The van der Waals surface area contributed by atoms with Crippen molar-refractivity contribution in [3.8, 4) is 28.4 Å². The molecule has 0 bridgehead atoms. The Labute approximate surface area is 197 Å². The standard InChI is InChI=1S/C26H24ClN3O3/c1-32-22-15-13-21(14-16-22)30-25(18-24(29-30)19-9-11-20(27)12-10-19)28-26(31)8-5-17-33-23-6-3-2-4-7-23/h2-4,6-7,9-16,18H,5,8,17H2,1H3,(H,28,31). The number of anilines is 1. The number of methoxy groups -OCH3 is 1. The topological polar surface area (TPSA) is 65.4 Å². The van der Waals surface area contributed by atoms with Gasteiger partial charge in [0.05, 0.1) is 25.1 Å². The van der Waals surface area contributed by atoms with Crippen LogP contribution < -0.4 is 14.8 Å². The Kier molecular flexibility index (Phi) is 7.27. The Balaban J connectivity index is 1.48. The van der Waals surface area contributed by atoms with Gasteiger partial charge in [0.15, 0.2) is 0 Å². The third kappa shape index (κ3) is 5.93. The monoisotopic (exact) mass is 461 g/mol. The van der Waals surface area contributed by atoms with Crippen LogP contribution in [0.4, 0.5) is 5.82 Å². The van der Waals surface area contributed by atoms with E-state index in [-0.39, 0.29) is 5.91 Å². The van der Waals surface area contributed by atoms with E-state index in [1.165, 1.54) is 0 Å². The summed E-state index contributed by atoms with van der Waals surface area (Å²) in [5.41, 5.74) is 2.43. The van der Waals surface area contributed by atoms with Crippen LogP contribution in [-0.2, 0) is 4.79 Å². The molecule has 33 heavy (non-hydrogen) atoms. The van der Waals surface area contributed by atoms with Gasteiger partial charge in [-0.1, -0.05) is 41.9 Å². The molecule has 0 aliphatic carbocycles. The van der Waals surface area contributed by atoms with Crippen LogP contribution in [0.1, 0.15) is 12.8 Å². The van der Waals surface area contributed by atoms with E-state index in [1.807, 2.05) is 84.9 Å². The lowest BCUT2D eigenvalue weighted by Crippen LogP contribution is -2.15. The average Bonchev–Trinajstić information content (AvgIpc) is 3.26. The molecular formula is C26H24ClN3O3. The van der Waals surface area contributed by atoms with Crippen molar-refractivity contribution in [1.29, 1.82) is 0 Å². The highest BCUT2D eigenvalue weighted by Crippen LogP contribution is 2.27. The van der Waals surface area contributed by atoms with Crippen LogP contribution in [0.2, 0.25) is 5.02 Å². The van der Waals surface area contributed by atoms with Crippen LogP contribution in [0, 0.1) is 0 Å². The second-order valence-corrected chi connectivity index (χ2v) is 7.78. The van der Waals surface area contributed by atoms with E-state index in [4.69, 9.17) is 26.2 Å². The Bertz CT molecular complexity index is 1190. The molecule has 0 atom stereocenters. The zero-order chi connectivity index (χ0) is 23.0. The highest BCUT2D eigenvalue weighted by atomic mass is 35.5. The van der Waals surface area contributed by atoms with Crippen LogP contribution in [0.25, 0.3) is 16.9 Å². The second kappa shape index (κ2) is 10.7. The van der Waals surface area contributed by atoms with Crippen molar-refractivity contribution >= 4 is 23.3 Å². The molecule has 1 aromatic heterocycles. The zero-order valence-corrected chi connectivity index (χ0v) is 19.0. The summed E-state index contributed by atoms with van der Waals surface area (Å²) >= 11 is 6.02. The molecule has 4 aromatic rings. The molecule has 0 saturated carbocycles. The number of para-hydroxylation sites is 1. The van der Waals surface area contributed by atoms with Crippen molar-refractivity contribution < 1.29 is 14.3 Å². The highest BCUT2D eigenvalue weighted by Gasteiger charge is 2.14. The predicted molar refractivity (Wildman–Crippen MR) is 130 cm³/mol. The number of nitrogens with one attached hydrogen (secondary N) is 1. The molecular weight excluding hydrogens is 438 g/mol. The highest BCUT2D eigenvalue weighted by molar-refractivity contribution is 6.30. The fourth-order valence-corrected chi connectivity index (χ4v) is 3.42. The molecule has 0 unspecified atom stereocenters. The van der Waals surface area contributed by atoms with Gasteiger partial charge >= 0.3 is 0 Å². The lowest BCUT2D eigenvalue weighted by Gasteiger charge is -2.10. The number of hydrogen-bond donors (Lipinski definition) is 1. The summed E-state index contributed by atoms with van der Waals surface area (Å²) in [7, 11) is 1.62. The molecule has 3 aromatic carbocycles. The average molecular weight is 462 g/mol. The first-order valence-corrected chi connectivity index (χ1v) is 11.0. The maximum absolute atomic E-state index is 12.7. The number of carbonyl (C=O) groups is 1.